The summed E-state index contributed by atoms with van der Waals surface area (Å²) in [5.41, 5.74) is 2.42. The zero-order chi connectivity index (χ0) is 13.0. The first-order valence-corrected chi connectivity index (χ1v) is 7.30. The van der Waals surface area contributed by atoms with Crippen molar-refractivity contribution in [1.29, 1.82) is 0 Å². The van der Waals surface area contributed by atoms with E-state index in [1.54, 1.807) is 0 Å². The SMILES string of the molecule is CCCNCC1CCN(c2ccc(C)cc2Cl)C1. The minimum Gasteiger partial charge on any atom is -0.370 e. The molecule has 18 heavy (non-hydrogen) atoms. The number of aryl methyl sites for hydroxylation is 1. The molecule has 2 rings (SSSR count). The van der Waals surface area contributed by atoms with Gasteiger partial charge in [-0.15, -0.1) is 0 Å². The fraction of sp³-hybridized carbons (Fsp3) is 0.600. The normalized spacial score (nSPS) is 19.5. The number of hydrogen-bond acceptors (Lipinski definition) is 2. The van der Waals surface area contributed by atoms with E-state index < -0.39 is 0 Å². The summed E-state index contributed by atoms with van der Waals surface area (Å²) in [4.78, 5) is 2.42. The number of benzene rings is 1. The summed E-state index contributed by atoms with van der Waals surface area (Å²) in [7, 11) is 0. The van der Waals surface area contributed by atoms with Crippen LogP contribution in [0.4, 0.5) is 5.69 Å². The van der Waals surface area contributed by atoms with Gasteiger partial charge in [0.05, 0.1) is 10.7 Å². The first-order chi connectivity index (χ1) is 8.70. The standard InChI is InChI=1S/C15H23ClN2/c1-3-7-17-10-13-6-8-18(11-13)15-5-4-12(2)9-14(15)16/h4-5,9,13,17H,3,6-8,10-11H2,1-2H3. The fourth-order valence-corrected chi connectivity index (χ4v) is 2.92. The number of hydrogen-bond donors (Lipinski definition) is 1. The van der Waals surface area contributed by atoms with E-state index >= 15 is 0 Å². The molecule has 0 spiro atoms. The summed E-state index contributed by atoms with van der Waals surface area (Å²) in [6.07, 6.45) is 2.47. The van der Waals surface area contributed by atoms with Gasteiger partial charge in [0.25, 0.3) is 0 Å². The minimum atomic E-state index is 0.758. The van der Waals surface area contributed by atoms with E-state index in [0.29, 0.717) is 0 Å². The summed E-state index contributed by atoms with van der Waals surface area (Å²) in [6, 6.07) is 6.35. The predicted octanol–water partition coefficient (Wildman–Crippen LogP) is 3.47. The second-order valence-electron chi connectivity index (χ2n) is 5.26. The molecule has 1 saturated heterocycles. The van der Waals surface area contributed by atoms with Crippen LogP contribution in [-0.2, 0) is 0 Å². The monoisotopic (exact) mass is 266 g/mol. The quantitative estimate of drug-likeness (QED) is 0.821. The molecule has 1 aromatic rings. The first-order valence-electron chi connectivity index (χ1n) is 6.92. The summed E-state index contributed by atoms with van der Waals surface area (Å²) in [6.45, 7) is 8.80. The van der Waals surface area contributed by atoms with E-state index in [2.05, 4.69) is 42.3 Å². The van der Waals surface area contributed by atoms with E-state index in [-0.39, 0.29) is 0 Å². The van der Waals surface area contributed by atoms with Crippen molar-refractivity contribution in [3.8, 4) is 0 Å². The molecule has 0 radical (unpaired) electrons. The lowest BCUT2D eigenvalue weighted by Gasteiger charge is -2.20. The van der Waals surface area contributed by atoms with Crippen LogP contribution >= 0.6 is 11.6 Å². The van der Waals surface area contributed by atoms with Crippen LogP contribution < -0.4 is 10.2 Å². The maximum Gasteiger partial charge on any atom is 0.0642 e. The van der Waals surface area contributed by atoms with Gasteiger partial charge in [-0.2, -0.15) is 0 Å². The molecule has 0 bridgehead atoms. The lowest BCUT2D eigenvalue weighted by atomic mass is 10.1. The van der Waals surface area contributed by atoms with Crippen LogP contribution in [0.3, 0.4) is 0 Å². The van der Waals surface area contributed by atoms with Gasteiger partial charge in [0.15, 0.2) is 0 Å². The van der Waals surface area contributed by atoms with Crippen molar-refractivity contribution in [2.24, 2.45) is 5.92 Å². The third kappa shape index (κ3) is 3.39. The van der Waals surface area contributed by atoms with Crippen LogP contribution in [-0.4, -0.2) is 26.2 Å². The Morgan fingerprint density at radius 1 is 1.44 bits per heavy atom. The maximum atomic E-state index is 6.33. The minimum absolute atomic E-state index is 0.758. The Hall–Kier alpha value is -0.730. The molecule has 0 amide bonds. The predicted molar refractivity (Wildman–Crippen MR) is 79.7 cm³/mol. The number of halogens is 1. The average molecular weight is 267 g/mol. The highest BCUT2D eigenvalue weighted by atomic mass is 35.5. The Morgan fingerprint density at radius 3 is 3.00 bits per heavy atom. The highest BCUT2D eigenvalue weighted by molar-refractivity contribution is 6.33. The molecule has 1 aromatic carbocycles. The molecule has 0 aromatic heterocycles. The van der Waals surface area contributed by atoms with Crippen molar-refractivity contribution in [2.75, 3.05) is 31.1 Å². The van der Waals surface area contributed by atoms with E-state index in [0.717, 1.165) is 37.1 Å². The molecule has 1 fully saturated rings. The molecule has 1 aliphatic rings. The number of nitrogens with zero attached hydrogens (tertiary/aromatic N) is 1. The second-order valence-corrected chi connectivity index (χ2v) is 5.67. The third-order valence-electron chi connectivity index (χ3n) is 3.59. The topological polar surface area (TPSA) is 15.3 Å². The Labute approximate surface area is 115 Å². The molecule has 1 heterocycles. The molecule has 100 valence electrons. The Balaban J connectivity index is 1.91. The molecule has 0 aliphatic carbocycles. The lowest BCUT2D eigenvalue weighted by Crippen LogP contribution is -2.26. The van der Waals surface area contributed by atoms with Crippen LogP contribution in [0.5, 0.6) is 0 Å². The lowest BCUT2D eigenvalue weighted by molar-refractivity contribution is 0.516. The van der Waals surface area contributed by atoms with Crippen LogP contribution in [0, 0.1) is 12.8 Å². The van der Waals surface area contributed by atoms with Gasteiger partial charge in [-0.25, -0.2) is 0 Å². The van der Waals surface area contributed by atoms with Crippen LogP contribution in [0.25, 0.3) is 0 Å². The summed E-state index contributed by atoms with van der Waals surface area (Å²) >= 11 is 6.33. The molecule has 0 saturated carbocycles. The van der Waals surface area contributed by atoms with Crippen molar-refractivity contribution in [3.63, 3.8) is 0 Å². The average Bonchev–Trinajstić information content (AvgIpc) is 2.78. The summed E-state index contributed by atoms with van der Waals surface area (Å²) in [5.74, 6) is 0.758. The Bertz CT molecular complexity index is 392. The van der Waals surface area contributed by atoms with E-state index in [4.69, 9.17) is 11.6 Å². The number of rotatable bonds is 5. The molecule has 1 aliphatic heterocycles. The van der Waals surface area contributed by atoms with Crippen molar-refractivity contribution in [2.45, 2.75) is 26.7 Å². The van der Waals surface area contributed by atoms with E-state index in [9.17, 15) is 0 Å². The van der Waals surface area contributed by atoms with Crippen LogP contribution in [0.1, 0.15) is 25.3 Å². The first kappa shape index (κ1) is 13.7. The Kier molecular flexibility index (Phi) is 4.90. The van der Waals surface area contributed by atoms with Crippen molar-refractivity contribution in [3.05, 3.63) is 28.8 Å². The van der Waals surface area contributed by atoms with E-state index in [1.807, 2.05) is 0 Å². The highest BCUT2D eigenvalue weighted by Gasteiger charge is 2.23. The summed E-state index contributed by atoms with van der Waals surface area (Å²) in [5, 5.41) is 4.40. The van der Waals surface area contributed by atoms with Crippen LogP contribution in [0.2, 0.25) is 5.02 Å². The van der Waals surface area contributed by atoms with Crippen molar-refractivity contribution >= 4 is 17.3 Å². The van der Waals surface area contributed by atoms with Gasteiger partial charge >= 0.3 is 0 Å². The fourth-order valence-electron chi connectivity index (χ4n) is 2.57. The van der Waals surface area contributed by atoms with Gasteiger partial charge < -0.3 is 10.2 Å². The number of nitrogens with one attached hydrogen (secondary N) is 1. The molecule has 1 atom stereocenters. The van der Waals surface area contributed by atoms with Crippen LogP contribution in [0.15, 0.2) is 18.2 Å². The summed E-state index contributed by atoms with van der Waals surface area (Å²) < 4.78 is 0. The molecular formula is C15H23ClN2. The second kappa shape index (κ2) is 6.44. The number of anilines is 1. The van der Waals surface area contributed by atoms with E-state index in [1.165, 1.54) is 24.1 Å². The highest BCUT2D eigenvalue weighted by Crippen LogP contribution is 2.30. The van der Waals surface area contributed by atoms with Gasteiger partial charge in [-0.1, -0.05) is 24.6 Å². The molecule has 1 N–H and O–H groups in total. The van der Waals surface area contributed by atoms with Gasteiger partial charge in [0.1, 0.15) is 0 Å². The molecule has 2 nitrogen and oxygen atoms in total. The van der Waals surface area contributed by atoms with Crippen molar-refractivity contribution in [1.82, 2.24) is 5.32 Å². The molecule has 3 heteroatoms. The molecular weight excluding hydrogens is 244 g/mol. The van der Waals surface area contributed by atoms with Gasteiger partial charge in [0, 0.05) is 13.1 Å². The van der Waals surface area contributed by atoms with Crippen molar-refractivity contribution < 1.29 is 0 Å². The third-order valence-corrected chi connectivity index (χ3v) is 3.89. The van der Waals surface area contributed by atoms with Gasteiger partial charge in [-0.3, -0.25) is 0 Å². The zero-order valence-corrected chi connectivity index (χ0v) is 12.1. The van der Waals surface area contributed by atoms with Gasteiger partial charge in [-0.05, 0) is 56.5 Å². The zero-order valence-electron chi connectivity index (χ0n) is 11.4. The smallest absolute Gasteiger partial charge is 0.0642 e. The molecule has 1 unspecified atom stereocenters. The maximum absolute atomic E-state index is 6.33. The van der Waals surface area contributed by atoms with Gasteiger partial charge in [0.2, 0.25) is 0 Å². The largest absolute Gasteiger partial charge is 0.370 e. The Morgan fingerprint density at radius 2 is 2.28 bits per heavy atom.